The quantitative estimate of drug-likeness (QED) is 0.431. The van der Waals surface area contributed by atoms with Gasteiger partial charge in [0.25, 0.3) is 0 Å². The Hall–Kier alpha value is -2.81. The van der Waals surface area contributed by atoms with E-state index in [1.807, 2.05) is 4.90 Å². The summed E-state index contributed by atoms with van der Waals surface area (Å²) in [5.74, 6) is -1.10. The van der Waals surface area contributed by atoms with Crippen LogP contribution in [0.2, 0.25) is 0 Å². The number of halogens is 3. The van der Waals surface area contributed by atoms with Crippen LogP contribution < -0.4 is 0 Å². The van der Waals surface area contributed by atoms with Crippen LogP contribution in [0.4, 0.5) is 13.2 Å². The van der Waals surface area contributed by atoms with E-state index in [0.717, 1.165) is 25.1 Å². The van der Waals surface area contributed by atoms with Crippen molar-refractivity contribution in [2.75, 3.05) is 26.2 Å². The first-order valence-electron chi connectivity index (χ1n) is 9.30. The molecule has 1 unspecified atom stereocenters. The number of hydrogen-bond donors (Lipinski definition) is 1. The number of piperidine rings is 1. The molecule has 1 aromatic carbocycles. The average Bonchev–Trinajstić information content (AvgIpc) is 3.16. The molecule has 0 saturated carbocycles. The van der Waals surface area contributed by atoms with Crippen molar-refractivity contribution in [1.29, 1.82) is 0 Å². The highest BCUT2D eigenvalue weighted by Crippen LogP contribution is 2.29. The summed E-state index contributed by atoms with van der Waals surface area (Å²) in [5, 5.41) is 13.0. The van der Waals surface area contributed by atoms with E-state index >= 15 is 0 Å². The number of likely N-dealkylation sites (tertiary alicyclic amines) is 1. The maximum atomic E-state index is 12.7. The largest absolute Gasteiger partial charge is 0.481 e. The Kier molecular flexibility index (Phi) is 6.58. The summed E-state index contributed by atoms with van der Waals surface area (Å²) in [6, 6.07) is 8.41. The molecule has 0 bridgehead atoms. The fourth-order valence-corrected chi connectivity index (χ4v) is 3.32. The molecule has 2 heterocycles. The van der Waals surface area contributed by atoms with Gasteiger partial charge >= 0.3 is 12.1 Å². The van der Waals surface area contributed by atoms with Gasteiger partial charge in [0.15, 0.2) is 0 Å². The minimum atomic E-state index is -4.37. The lowest BCUT2D eigenvalue weighted by molar-refractivity contribution is -0.143. The van der Waals surface area contributed by atoms with Gasteiger partial charge in [-0.05, 0) is 55.8 Å². The van der Waals surface area contributed by atoms with Crippen molar-refractivity contribution in [2.45, 2.75) is 19.0 Å². The fraction of sp³-hybridized carbons (Fsp3) is 0.400. The predicted octanol–water partition coefficient (Wildman–Crippen LogP) is 3.64. The first kappa shape index (κ1) is 20.9. The number of aromatic nitrogens is 1. The Bertz CT molecular complexity index is 847. The van der Waals surface area contributed by atoms with E-state index in [-0.39, 0.29) is 5.92 Å². The van der Waals surface area contributed by atoms with Gasteiger partial charge in [0.2, 0.25) is 0 Å². The van der Waals surface area contributed by atoms with E-state index in [2.05, 4.69) is 5.16 Å². The summed E-state index contributed by atoms with van der Waals surface area (Å²) in [6.07, 6.45) is 0.399. The molecule has 29 heavy (non-hydrogen) atoms. The van der Waals surface area contributed by atoms with Crippen LogP contribution in [-0.4, -0.2) is 53.0 Å². The highest BCUT2D eigenvalue weighted by Gasteiger charge is 2.30. The summed E-state index contributed by atoms with van der Waals surface area (Å²) in [7, 11) is 0. The van der Waals surface area contributed by atoms with Crippen LogP contribution in [0.3, 0.4) is 0 Å². The van der Waals surface area contributed by atoms with E-state index in [1.165, 1.54) is 18.3 Å². The molecular formula is C20H22F3N3O3. The Morgan fingerprint density at radius 3 is 2.72 bits per heavy atom. The monoisotopic (exact) mass is 409 g/mol. The third kappa shape index (κ3) is 5.60. The SMILES string of the molecule is O=C(O)C1CCCN(CCO/N=C/c2cccn2-c2ccc(C(F)(F)F)cc2)C1. The van der Waals surface area contributed by atoms with Crippen molar-refractivity contribution in [3.63, 3.8) is 0 Å². The third-order valence-corrected chi connectivity index (χ3v) is 4.87. The van der Waals surface area contributed by atoms with Gasteiger partial charge in [-0.3, -0.25) is 9.69 Å². The van der Waals surface area contributed by atoms with E-state index < -0.39 is 17.7 Å². The summed E-state index contributed by atoms with van der Waals surface area (Å²) in [4.78, 5) is 18.4. The molecule has 0 spiro atoms. The van der Waals surface area contributed by atoms with E-state index in [9.17, 15) is 18.0 Å². The highest BCUT2D eigenvalue weighted by atomic mass is 19.4. The number of alkyl halides is 3. The van der Waals surface area contributed by atoms with Gasteiger partial charge in [0, 0.05) is 25.0 Å². The van der Waals surface area contributed by atoms with E-state index in [1.54, 1.807) is 22.9 Å². The lowest BCUT2D eigenvalue weighted by atomic mass is 9.98. The number of oxime groups is 1. The number of carboxylic acid groups (broad SMARTS) is 1. The number of nitrogens with zero attached hydrogens (tertiary/aromatic N) is 3. The zero-order valence-electron chi connectivity index (χ0n) is 15.7. The second kappa shape index (κ2) is 9.13. The van der Waals surface area contributed by atoms with Crippen LogP contribution in [0.25, 0.3) is 5.69 Å². The van der Waals surface area contributed by atoms with Crippen LogP contribution in [0.15, 0.2) is 47.8 Å². The molecule has 1 aliphatic heterocycles. The smallest absolute Gasteiger partial charge is 0.416 e. The molecule has 1 fully saturated rings. The van der Waals surface area contributed by atoms with Gasteiger partial charge in [-0.15, -0.1) is 0 Å². The zero-order chi connectivity index (χ0) is 20.9. The molecule has 6 nitrogen and oxygen atoms in total. The zero-order valence-corrected chi connectivity index (χ0v) is 15.7. The lowest BCUT2D eigenvalue weighted by Gasteiger charge is -2.29. The van der Waals surface area contributed by atoms with Gasteiger partial charge in [0.05, 0.1) is 23.4 Å². The average molecular weight is 409 g/mol. The van der Waals surface area contributed by atoms with E-state index in [0.29, 0.717) is 37.5 Å². The van der Waals surface area contributed by atoms with Gasteiger partial charge in [-0.25, -0.2) is 0 Å². The van der Waals surface area contributed by atoms with Crippen molar-refractivity contribution in [3.8, 4) is 5.69 Å². The van der Waals surface area contributed by atoms with Crippen molar-refractivity contribution >= 4 is 12.2 Å². The van der Waals surface area contributed by atoms with Crippen molar-refractivity contribution < 1.29 is 27.9 Å². The molecule has 1 aliphatic rings. The topological polar surface area (TPSA) is 67.1 Å². The van der Waals surface area contributed by atoms with E-state index in [4.69, 9.17) is 9.94 Å². The number of hydrogen-bond acceptors (Lipinski definition) is 4. The molecule has 1 atom stereocenters. The second-order valence-electron chi connectivity index (χ2n) is 6.89. The normalized spacial score (nSPS) is 18.2. The maximum Gasteiger partial charge on any atom is 0.416 e. The first-order chi connectivity index (χ1) is 13.8. The number of carbonyl (C=O) groups is 1. The van der Waals surface area contributed by atoms with Crippen LogP contribution in [0, 0.1) is 5.92 Å². The number of rotatable bonds is 7. The summed E-state index contributed by atoms with van der Waals surface area (Å²) < 4.78 is 39.8. The van der Waals surface area contributed by atoms with Crippen LogP contribution in [-0.2, 0) is 15.8 Å². The minimum Gasteiger partial charge on any atom is -0.481 e. The molecule has 2 aromatic rings. The van der Waals surface area contributed by atoms with Gasteiger partial charge in [0.1, 0.15) is 6.61 Å². The van der Waals surface area contributed by atoms with Gasteiger partial charge in [-0.1, -0.05) is 5.16 Å². The molecule has 9 heteroatoms. The Balaban J connectivity index is 1.52. The molecule has 0 aliphatic carbocycles. The molecule has 1 saturated heterocycles. The molecule has 3 rings (SSSR count). The van der Waals surface area contributed by atoms with Crippen molar-refractivity contribution in [3.05, 3.63) is 53.9 Å². The molecule has 1 N–H and O–H groups in total. The van der Waals surface area contributed by atoms with Crippen LogP contribution in [0.1, 0.15) is 24.1 Å². The van der Waals surface area contributed by atoms with Crippen molar-refractivity contribution in [2.24, 2.45) is 11.1 Å². The molecular weight excluding hydrogens is 387 g/mol. The summed E-state index contributed by atoms with van der Waals surface area (Å²) in [5.41, 5.74) is 0.543. The van der Waals surface area contributed by atoms with Gasteiger partial charge in [-0.2, -0.15) is 13.2 Å². The highest BCUT2D eigenvalue weighted by molar-refractivity contribution is 5.78. The Labute approximate surface area is 166 Å². The van der Waals surface area contributed by atoms with Crippen LogP contribution >= 0.6 is 0 Å². The lowest BCUT2D eigenvalue weighted by Crippen LogP contribution is -2.40. The first-order valence-corrected chi connectivity index (χ1v) is 9.30. The third-order valence-electron chi connectivity index (χ3n) is 4.87. The number of aliphatic carboxylic acids is 1. The van der Waals surface area contributed by atoms with Gasteiger partial charge < -0.3 is 14.5 Å². The summed E-state index contributed by atoms with van der Waals surface area (Å²) in [6.45, 7) is 2.26. The Morgan fingerprint density at radius 1 is 1.28 bits per heavy atom. The molecule has 0 radical (unpaired) electrons. The fourth-order valence-electron chi connectivity index (χ4n) is 3.32. The van der Waals surface area contributed by atoms with Crippen molar-refractivity contribution in [1.82, 2.24) is 9.47 Å². The Morgan fingerprint density at radius 2 is 2.03 bits per heavy atom. The maximum absolute atomic E-state index is 12.7. The summed E-state index contributed by atoms with van der Waals surface area (Å²) >= 11 is 0. The van der Waals surface area contributed by atoms with Crippen LogP contribution in [0.5, 0.6) is 0 Å². The number of benzene rings is 1. The molecule has 0 amide bonds. The molecule has 1 aromatic heterocycles. The standard InChI is InChI=1S/C20H22F3N3O3/c21-20(22,23)16-5-7-17(8-6-16)26-10-2-4-18(26)13-24-29-12-11-25-9-1-3-15(14-25)19(27)28/h2,4-8,10,13,15H,1,3,9,11-12,14H2,(H,27,28)/b24-13+. The molecule has 156 valence electrons. The minimum absolute atomic E-state index is 0.323. The predicted molar refractivity (Wildman–Crippen MR) is 101 cm³/mol. The number of carboxylic acids is 1. The second-order valence-corrected chi connectivity index (χ2v) is 6.89.